The van der Waals surface area contributed by atoms with Crippen LogP contribution in [0.3, 0.4) is 0 Å². The largest absolute Gasteiger partial charge is 0.352 e. The molecule has 0 bridgehead atoms. The van der Waals surface area contributed by atoms with Gasteiger partial charge < -0.3 is 5.32 Å². The zero-order valence-corrected chi connectivity index (χ0v) is 15.6. The van der Waals surface area contributed by atoms with E-state index in [1.807, 2.05) is 0 Å². The van der Waals surface area contributed by atoms with E-state index in [9.17, 15) is 13.2 Å². The van der Waals surface area contributed by atoms with Crippen molar-refractivity contribution >= 4 is 15.9 Å². The Morgan fingerprint density at radius 2 is 1.50 bits per heavy atom. The number of unbranched alkanes of at least 4 members (excludes halogenated alkanes) is 6. The number of carbonyl (C=O) groups excluding carboxylic acids is 1. The van der Waals surface area contributed by atoms with Gasteiger partial charge in [0.25, 0.3) is 5.91 Å². The monoisotopic (exact) mass is 354 g/mol. The van der Waals surface area contributed by atoms with Crippen LogP contribution in [-0.2, 0) is 10.0 Å². The minimum Gasteiger partial charge on any atom is -0.352 e. The molecule has 1 aromatic carbocycles. The summed E-state index contributed by atoms with van der Waals surface area (Å²) in [5, 5.41) is 2.88. The van der Waals surface area contributed by atoms with Crippen molar-refractivity contribution in [3.8, 4) is 0 Å². The van der Waals surface area contributed by atoms with Gasteiger partial charge in [-0.05, 0) is 30.7 Å². The van der Waals surface area contributed by atoms with E-state index in [1.54, 1.807) is 19.1 Å². The van der Waals surface area contributed by atoms with E-state index in [0.717, 1.165) is 12.8 Å². The van der Waals surface area contributed by atoms with Crippen LogP contribution in [0, 0.1) is 0 Å². The van der Waals surface area contributed by atoms with Crippen molar-refractivity contribution in [2.75, 3.05) is 13.1 Å². The maximum absolute atomic E-state index is 12.0. The number of amides is 1. The Kier molecular flexibility index (Phi) is 9.64. The van der Waals surface area contributed by atoms with E-state index in [1.165, 1.54) is 44.2 Å². The van der Waals surface area contributed by atoms with E-state index < -0.39 is 10.0 Å². The Morgan fingerprint density at radius 3 is 2.08 bits per heavy atom. The van der Waals surface area contributed by atoms with Crippen LogP contribution in [0.1, 0.15) is 69.2 Å². The number of carbonyl (C=O) groups is 1. The molecule has 0 fully saturated rings. The molecule has 0 atom stereocenters. The Hall–Kier alpha value is -1.40. The van der Waals surface area contributed by atoms with Gasteiger partial charge in [0, 0.05) is 18.7 Å². The molecule has 0 aromatic heterocycles. The molecule has 6 heteroatoms. The quantitative estimate of drug-likeness (QED) is 0.564. The minimum absolute atomic E-state index is 0.159. The first kappa shape index (κ1) is 20.6. The molecular weight excluding hydrogens is 324 g/mol. The summed E-state index contributed by atoms with van der Waals surface area (Å²) in [4.78, 5) is 12.2. The second-order valence-corrected chi connectivity index (χ2v) is 7.67. The first-order valence-electron chi connectivity index (χ1n) is 8.89. The fourth-order valence-electron chi connectivity index (χ4n) is 2.44. The lowest BCUT2D eigenvalue weighted by Crippen LogP contribution is -2.25. The molecule has 0 aliphatic carbocycles. The Bertz CT molecular complexity index is 583. The van der Waals surface area contributed by atoms with Crippen molar-refractivity contribution in [1.82, 2.24) is 10.0 Å². The predicted octanol–water partition coefficient (Wildman–Crippen LogP) is 3.47. The SMILES string of the molecule is CCCCCCCCCNC(=O)c1ccc(S(=O)(=O)NCC)cc1. The predicted molar refractivity (Wildman–Crippen MR) is 97.6 cm³/mol. The summed E-state index contributed by atoms with van der Waals surface area (Å²) in [5.74, 6) is -0.159. The number of rotatable bonds is 12. The van der Waals surface area contributed by atoms with E-state index >= 15 is 0 Å². The van der Waals surface area contributed by atoms with Gasteiger partial charge in [0.2, 0.25) is 10.0 Å². The molecule has 0 aliphatic rings. The van der Waals surface area contributed by atoms with Crippen LogP contribution in [0.2, 0.25) is 0 Å². The summed E-state index contributed by atoms with van der Waals surface area (Å²) in [6.45, 7) is 4.92. The highest BCUT2D eigenvalue weighted by Crippen LogP contribution is 2.11. The van der Waals surface area contributed by atoms with Crippen LogP contribution < -0.4 is 10.0 Å². The number of benzene rings is 1. The molecule has 2 N–H and O–H groups in total. The summed E-state index contributed by atoms with van der Waals surface area (Å²) in [6.07, 6.45) is 8.44. The first-order chi connectivity index (χ1) is 11.5. The Balaban J connectivity index is 2.33. The molecule has 1 rings (SSSR count). The number of sulfonamides is 1. The van der Waals surface area contributed by atoms with Crippen LogP contribution >= 0.6 is 0 Å². The summed E-state index contributed by atoms with van der Waals surface area (Å²) >= 11 is 0. The maximum Gasteiger partial charge on any atom is 0.251 e. The van der Waals surface area contributed by atoms with Crippen LogP contribution in [0.4, 0.5) is 0 Å². The average molecular weight is 355 g/mol. The van der Waals surface area contributed by atoms with E-state index in [0.29, 0.717) is 18.7 Å². The van der Waals surface area contributed by atoms with Crippen molar-refractivity contribution < 1.29 is 13.2 Å². The van der Waals surface area contributed by atoms with Crippen LogP contribution in [0.5, 0.6) is 0 Å². The molecule has 1 aromatic rings. The summed E-state index contributed by atoms with van der Waals surface area (Å²) in [5.41, 5.74) is 0.480. The number of nitrogens with one attached hydrogen (secondary N) is 2. The molecule has 136 valence electrons. The highest BCUT2D eigenvalue weighted by atomic mass is 32.2. The Morgan fingerprint density at radius 1 is 0.917 bits per heavy atom. The van der Waals surface area contributed by atoms with Gasteiger partial charge in [-0.2, -0.15) is 0 Å². The zero-order valence-electron chi connectivity index (χ0n) is 14.8. The van der Waals surface area contributed by atoms with Crippen molar-refractivity contribution in [3.63, 3.8) is 0 Å². The Labute approximate surface area is 146 Å². The molecule has 5 nitrogen and oxygen atoms in total. The molecule has 0 radical (unpaired) electrons. The molecule has 0 saturated carbocycles. The van der Waals surface area contributed by atoms with Crippen LogP contribution in [0.25, 0.3) is 0 Å². The summed E-state index contributed by atoms with van der Waals surface area (Å²) in [6, 6.07) is 6.01. The van der Waals surface area contributed by atoms with Crippen LogP contribution in [0.15, 0.2) is 29.2 Å². The highest BCUT2D eigenvalue weighted by molar-refractivity contribution is 7.89. The number of hydrogen-bond donors (Lipinski definition) is 2. The van der Waals surface area contributed by atoms with Crippen molar-refractivity contribution in [2.24, 2.45) is 0 Å². The minimum atomic E-state index is -3.47. The molecule has 0 saturated heterocycles. The molecule has 0 heterocycles. The van der Waals surface area contributed by atoms with Gasteiger partial charge in [0.1, 0.15) is 0 Å². The lowest BCUT2D eigenvalue weighted by Gasteiger charge is -2.07. The van der Waals surface area contributed by atoms with E-state index in [-0.39, 0.29) is 10.8 Å². The fourth-order valence-corrected chi connectivity index (χ4v) is 3.49. The maximum atomic E-state index is 12.0. The normalized spacial score (nSPS) is 11.4. The van der Waals surface area contributed by atoms with Gasteiger partial charge in [-0.15, -0.1) is 0 Å². The van der Waals surface area contributed by atoms with Gasteiger partial charge in [0.15, 0.2) is 0 Å². The number of hydrogen-bond acceptors (Lipinski definition) is 3. The van der Waals surface area contributed by atoms with Crippen molar-refractivity contribution in [3.05, 3.63) is 29.8 Å². The molecule has 0 aliphatic heterocycles. The lowest BCUT2D eigenvalue weighted by atomic mass is 10.1. The third kappa shape index (κ3) is 7.45. The summed E-state index contributed by atoms with van der Waals surface area (Å²) < 4.78 is 26.1. The molecular formula is C18H30N2O3S. The van der Waals surface area contributed by atoms with Gasteiger partial charge in [-0.1, -0.05) is 52.4 Å². The third-order valence-corrected chi connectivity index (χ3v) is 5.39. The first-order valence-corrected chi connectivity index (χ1v) is 10.4. The van der Waals surface area contributed by atoms with Gasteiger partial charge in [-0.3, -0.25) is 4.79 Å². The van der Waals surface area contributed by atoms with Gasteiger partial charge >= 0.3 is 0 Å². The smallest absolute Gasteiger partial charge is 0.251 e. The molecule has 0 unspecified atom stereocenters. The van der Waals surface area contributed by atoms with Crippen LogP contribution in [-0.4, -0.2) is 27.4 Å². The van der Waals surface area contributed by atoms with Crippen molar-refractivity contribution in [2.45, 2.75) is 63.7 Å². The second kappa shape index (κ2) is 11.2. The second-order valence-electron chi connectivity index (χ2n) is 5.90. The van der Waals surface area contributed by atoms with E-state index in [2.05, 4.69) is 17.0 Å². The standard InChI is InChI=1S/C18H30N2O3S/c1-3-5-6-7-8-9-10-15-19-18(21)16-11-13-17(14-12-16)24(22,23)20-4-2/h11-14,20H,3-10,15H2,1-2H3,(H,19,21). The molecule has 0 spiro atoms. The average Bonchev–Trinajstić information content (AvgIpc) is 2.57. The summed E-state index contributed by atoms with van der Waals surface area (Å²) in [7, 11) is -3.47. The van der Waals surface area contributed by atoms with E-state index in [4.69, 9.17) is 0 Å². The van der Waals surface area contributed by atoms with Crippen molar-refractivity contribution in [1.29, 1.82) is 0 Å². The third-order valence-electron chi connectivity index (χ3n) is 3.83. The van der Waals surface area contributed by atoms with Gasteiger partial charge in [0.05, 0.1) is 4.90 Å². The highest BCUT2D eigenvalue weighted by Gasteiger charge is 2.13. The topological polar surface area (TPSA) is 75.3 Å². The fraction of sp³-hybridized carbons (Fsp3) is 0.611. The lowest BCUT2D eigenvalue weighted by molar-refractivity contribution is 0.0953. The molecule has 24 heavy (non-hydrogen) atoms. The molecule has 1 amide bonds. The van der Waals surface area contributed by atoms with Gasteiger partial charge in [-0.25, -0.2) is 13.1 Å². The zero-order chi connectivity index (χ0) is 17.8.